The monoisotopic (exact) mass is 287 g/mol. The first-order valence-electron chi connectivity index (χ1n) is 6.80. The van der Waals surface area contributed by atoms with E-state index in [0.717, 1.165) is 6.07 Å². The second-order valence-corrected chi connectivity index (χ2v) is 5.59. The molecule has 1 aromatic rings. The molecule has 0 spiro atoms. The van der Waals surface area contributed by atoms with Crippen molar-refractivity contribution < 1.29 is 17.9 Å². The fourth-order valence-electron chi connectivity index (χ4n) is 3.17. The van der Waals surface area contributed by atoms with E-state index in [-0.39, 0.29) is 29.6 Å². The van der Waals surface area contributed by atoms with E-state index in [4.69, 9.17) is 10.5 Å². The maximum atomic E-state index is 13.1. The Labute approximate surface area is 117 Å². The predicted octanol–water partition coefficient (Wildman–Crippen LogP) is 3.76. The zero-order valence-corrected chi connectivity index (χ0v) is 11.8. The van der Waals surface area contributed by atoms with Crippen LogP contribution < -0.4 is 5.73 Å². The fourth-order valence-corrected chi connectivity index (χ4v) is 3.17. The number of ether oxygens (including phenoxy) is 1. The largest absolute Gasteiger partial charge is 0.416 e. The molecule has 5 heteroatoms. The molecular weight excluding hydrogens is 267 g/mol. The Morgan fingerprint density at radius 1 is 1.10 bits per heavy atom. The first-order chi connectivity index (χ1) is 9.23. The van der Waals surface area contributed by atoms with E-state index in [9.17, 15) is 13.2 Å². The van der Waals surface area contributed by atoms with Crippen molar-refractivity contribution in [1.29, 1.82) is 0 Å². The first-order valence-corrected chi connectivity index (χ1v) is 6.80. The molecule has 5 atom stereocenters. The lowest BCUT2D eigenvalue weighted by Crippen LogP contribution is -2.32. The van der Waals surface area contributed by atoms with Crippen molar-refractivity contribution in [2.45, 2.75) is 45.2 Å². The van der Waals surface area contributed by atoms with Gasteiger partial charge in [-0.15, -0.1) is 0 Å². The average Bonchev–Trinajstić information content (AvgIpc) is 2.61. The minimum absolute atomic E-state index is 0.0131. The summed E-state index contributed by atoms with van der Waals surface area (Å²) >= 11 is 0. The summed E-state index contributed by atoms with van der Waals surface area (Å²) in [7, 11) is 0. The second kappa shape index (κ2) is 5.37. The molecule has 1 aliphatic rings. The van der Waals surface area contributed by atoms with Gasteiger partial charge in [0, 0.05) is 12.0 Å². The Kier molecular flexibility index (Phi) is 4.12. The van der Waals surface area contributed by atoms with Crippen LogP contribution in [-0.4, -0.2) is 12.2 Å². The van der Waals surface area contributed by atoms with Crippen molar-refractivity contribution in [3.63, 3.8) is 0 Å². The summed E-state index contributed by atoms with van der Waals surface area (Å²) in [6.07, 6.45) is -4.51. The van der Waals surface area contributed by atoms with Gasteiger partial charge >= 0.3 is 6.18 Å². The third kappa shape index (κ3) is 2.69. The van der Waals surface area contributed by atoms with Crippen molar-refractivity contribution in [2.24, 2.45) is 17.6 Å². The molecule has 5 unspecified atom stereocenters. The number of rotatable bonds is 2. The fraction of sp³-hybridized carbons (Fsp3) is 0.600. The van der Waals surface area contributed by atoms with Crippen LogP contribution in [0.1, 0.15) is 37.9 Å². The van der Waals surface area contributed by atoms with E-state index in [0.29, 0.717) is 0 Å². The molecule has 0 aromatic heterocycles. The topological polar surface area (TPSA) is 35.2 Å². The normalized spacial score (nSPS) is 32.4. The maximum absolute atomic E-state index is 13.1. The lowest BCUT2D eigenvalue weighted by atomic mass is 9.80. The van der Waals surface area contributed by atoms with E-state index in [2.05, 4.69) is 0 Å². The highest BCUT2D eigenvalue weighted by Gasteiger charge is 2.43. The number of hydrogen-bond acceptors (Lipinski definition) is 2. The molecule has 1 fully saturated rings. The smallest absolute Gasteiger partial charge is 0.375 e. The minimum Gasteiger partial charge on any atom is -0.375 e. The summed E-state index contributed by atoms with van der Waals surface area (Å²) in [6, 6.07) is 4.86. The van der Waals surface area contributed by atoms with Gasteiger partial charge in [0.25, 0.3) is 0 Å². The van der Waals surface area contributed by atoms with Crippen molar-refractivity contribution in [3.8, 4) is 0 Å². The Balaban J connectivity index is 2.37. The van der Waals surface area contributed by atoms with Gasteiger partial charge in [-0.05, 0) is 31.4 Å². The van der Waals surface area contributed by atoms with Crippen LogP contribution in [0.2, 0.25) is 0 Å². The van der Waals surface area contributed by atoms with Gasteiger partial charge in [0.2, 0.25) is 0 Å². The zero-order chi connectivity index (χ0) is 15.1. The zero-order valence-electron chi connectivity index (χ0n) is 11.8. The number of halogens is 3. The summed E-state index contributed by atoms with van der Waals surface area (Å²) in [6.45, 7) is 5.79. The van der Waals surface area contributed by atoms with Gasteiger partial charge in [0.1, 0.15) is 0 Å². The third-order valence-corrected chi connectivity index (χ3v) is 4.36. The van der Waals surface area contributed by atoms with Crippen molar-refractivity contribution in [2.75, 3.05) is 0 Å². The molecule has 112 valence electrons. The molecule has 0 saturated carbocycles. The number of hydrogen-bond donors (Lipinski definition) is 1. The first kappa shape index (κ1) is 15.3. The van der Waals surface area contributed by atoms with Gasteiger partial charge in [-0.2, -0.15) is 13.2 Å². The summed E-state index contributed by atoms with van der Waals surface area (Å²) < 4.78 is 44.9. The molecule has 1 heterocycles. The van der Waals surface area contributed by atoms with Crippen LogP contribution in [0.25, 0.3) is 0 Å². The van der Waals surface area contributed by atoms with Crippen molar-refractivity contribution in [1.82, 2.24) is 0 Å². The van der Waals surface area contributed by atoms with Crippen LogP contribution >= 0.6 is 0 Å². The third-order valence-electron chi connectivity index (χ3n) is 4.36. The average molecular weight is 287 g/mol. The Morgan fingerprint density at radius 2 is 1.70 bits per heavy atom. The molecule has 2 N–H and O–H groups in total. The summed E-state index contributed by atoms with van der Waals surface area (Å²) in [5.74, 6) is 0.00906. The lowest BCUT2D eigenvalue weighted by molar-refractivity contribution is -0.138. The predicted molar refractivity (Wildman–Crippen MR) is 71.0 cm³/mol. The molecule has 1 aliphatic heterocycles. The van der Waals surface area contributed by atoms with Crippen LogP contribution in [-0.2, 0) is 10.9 Å². The van der Waals surface area contributed by atoms with Crippen LogP contribution in [0.15, 0.2) is 24.3 Å². The minimum atomic E-state index is -4.38. The van der Waals surface area contributed by atoms with E-state index >= 15 is 0 Å². The highest BCUT2D eigenvalue weighted by Crippen LogP contribution is 2.42. The highest BCUT2D eigenvalue weighted by atomic mass is 19.4. The Bertz CT molecular complexity index is 474. The molecule has 1 saturated heterocycles. The maximum Gasteiger partial charge on any atom is 0.416 e. The molecule has 0 radical (unpaired) electrons. The highest BCUT2D eigenvalue weighted by molar-refractivity contribution is 5.33. The van der Waals surface area contributed by atoms with Crippen LogP contribution in [0.4, 0.5) is 13.2 Å². The van der Waals surface area contributed by atoms with Gasteiger partial charge in [0.15, 0.2) is 0 Å². The van der Waals surface area contributed by atoms with Crippen LogP contribution in [0, 0.1) is 11.8 Å². The molecule has 2 rings (SSSR count). The molecule has 0 bridgehead atoms. The van der Waals surface area contributed by atoms with Gasteiger partial charge < -0.3 is 10.5 Å². The molecule has 20 heavy (non-hydrogen) atoms. The van der Waals surface area contributed by atoms with E-state index < -0.39 is 17.8 Å². The quantitative estimate of drug-likeness (QED) is 0.898. The summed E-state index contributed by atoms with van der Waals surface area (Å²) in [4.78, 5) is 0. The van der Waals surface area contributed by atoms with Crippen LogP contribution in [0.5, 0.6) is 0 Å². The Hall–Kier alpha value is -1.07. The summed E-state index contributed by atoms with van der Waals surface area (Å²) in [5, 5.41) is 0. The number of nitrogens with two attached hydrogens (primary N) is 1. The second-order valence-electron chi connectivity index (χ2n) is 5.59. The summed E-state index contributed by atoms with van der Waals surface area (Å²) in [5.41, 5.74) is 5.67. The van der Waals surface area contributed by atoms with Gasteiger partial charge in [-0.3, -0.25) is 0 Å². The van der Waals surface area contributed by atoms with Gasteiger partial charge in [-0.1, -0.05) is 25.1 Å². The van der Waals surface area contributed by atoms with E-state index in [1.54, 1.807) is 6.07 Å². The van der Waals surface area contributed by atoms with E-state index in [1.807, 2.05) is 20.8 Å². The number of benzene rings is 1. The van der Waals surface area contributed by atoms with Crippen molar-refractivity contribution in [3.05, 3.63) is 35.4 Å². The molecule has 1 aromatic carbocycles. The molecule has 0 aliphatic carbocycles. The van der Waals surface area contributed by atoms with E-state index in [1.165, 1.54) is 12.1 Å². The van der Waals surface area contributed by atoms with Crippen LogP contribution in [0.3, 0.4) is 0 Å². The van der Waals surface area contributed by atoms with Gasteiger partial charge in [-0.25, -0.2) is 0 Å². The molecule has 2 nitrogen and oxygen atoms in total. The molecule has 0 amide bonds. The standard InChI is InChI=1S/C15H20F3NO/c1-8-9(2)20-10(3)13(8)14(19)11-6-4-5-7-12(11)15(16,17)18/h4-10,13-14H,19H2,1-3H3. The SMILES string of the molecule is CC1OC(C)C(C(N)c2ccccc2C(F)(F)F)C1C. The number of alkyl halides is 3. The van der Waals surface area contributed by atoms with Crippen molar-refractivity contribution >= 4 is 0 Å². The molecular formula is C15H20F3NO. The van der Waals surface area contributed by atoms with Gasteiger partial charge in [0.05, 0.1) is 17.8 Å². The lowest BCUT2D eigenvalue weighted by Gasteiger charge is -2.28. The Morgan fingerprint density at radius 3 is 2.20 bits per heavy atom.